The van der Waals surface area contributed by atoms with Crippen molar-refractivity contribution in [1.82, 2.24) is 0 Å². The Balaban J connectivity index is 2.26. The zero-order valence-electron chi connectivity index (χ0n) is 9.12. The molecule has 0 fully saturated rings. The fourth-order valence-corrected chi connectivity index (χ4v) is 1.68. The summed E-state index contributed by atoms with van der Waals surface area (Å²) in [4.78, 5) is 0. The van der Waals surface area contributed by atoms with Gasteiger partial charge in [-0.3, -0.25) is 0 Å². The van der Waals surface area contributed by atoms with Gasteiger partial charge < -0.3 is 0 Å². The van der Waals surface area contributed by atoms with E-state index in [0.717, 1.165) is 6.42 Å². The van der Waals surface area contributed by atoms with Crippen molar-refractivity contribution >= 4 is 0 Å². The molecule has 0 aromatic rings. The van der Waals surface area contributed by atoms with E-state index in [2.05, 4.69) is 36.5 Å². The maximum absolute atomic E-state index is 2.32. The minimum Gasteiger partial charge on any atom is -0.0882 e. The Bertz CT molecular complexity index is 196. The molecule has 78 valence electrons. The maximum Gasteiger partial charge on any atom is -0.0166 e. The van der Waals surface area contributed by atoms with Gasteiger partial charge in [-0.05, 0) is 32.1 Å². The number of hydrogen-bond acceptors (Lipinski definition) is 0. The smallest absolute Gasteiger partial charge is 0.0166 e. The summed E-state index contributed by atoms with van der Waals surface area (Å²) in [5, 5.41) is 0. The lowest BCUT2D eigenvalue weighted by Crippen LogP contribution is -1.78. The van der Waals surface area contributed by atoms with Crippen LogP contribution in [0.2, 0.25) is 0 Å². The molecule has 0 saturated carbocycles. The molecule has 0 saturated heterocycles. The van der Waals surface area contributed by atoms with Crippen LogP contribution in [0.3, 0.4) is 0 Å². The molecule has 0 aliphatic heterocycles. The molecule has 0 amide bonds. The van der Waals surface area contributed by atoms with E-state index in [1.807, 2.05) is 0 Å². The SMILES string of the molecule is C1=C\C/C=C\CCCCCCC/C=C/1. The first-order chi connectivity index (χ1) is 7.00. The highest BCUT2D eigenvalue weighted by Gasteiger charge is 1.88. The van der Waals surface area contributed by atoms with Crippen LogP contribution < -0.4 is 0 Å². The summed E-state index contributed by atoms with van der Waals surface area (Å²) >= 11 is 0. The van der Waals surface area contributed by atoms with Crippen LogP contribution >= 0.6 is 0 Å². The topological polar surface area (TPSA) is 0 Å². The molecule has 0 radical (unpaired) electrons. The number of rotatable bonds is 0. The summed E-state index contributed by atoms with van der Waals surface area (Å²) in [5.41, 5.74) is 0. The van der Waals surface area contributed by atoms with Crippen LogP contribution in [0.5, 0.6) is 0 Å². The second kappa shape index (κ2) is 8.80. The standard InChI is InChI=1S/C14H22/c1-2-4-6-8-10-12-14-13-11-9-7-5-3-1/h1-4,7,9H,5-6,8,10-14H2/b3-1-,4-2+,9-7-. The zero-order valence-corrected chi connectivity index (χ0v) is 9.12. The first kappa shape index (κ1) is 11.3. The summed E-state index contributed by atoms with van der Waals surface area (Å²) in [5.74, 6) is 0. The number of hydrogen-bond donors (Lipinski definition) is 0. The fourth-order valence-electron chi connectivity index (χ4n) is 1.68. The zero-order chi connectivity index (χ0) is 9.90. The first-order valence-electron chi connectivity index (χ1n) is 5.97. The van der Waals surface area contributed by atoms with Crippen molar-refractivity contribution in [2.75, 3.05) is 0 Å². The fraction of sp³-hybridized carbons (Fsp3) is 0.571. The molecule has 0 aromatic heterocycles. The average molecular weight is 190 g/mol. The van der Waals surface area contributed by atoms with E-state index in [4.69, 9.17) is 0 Å². The molecule has 1 aliphatic carbocycles. The Kier molecular flexibility index (Phi) is 7.10. The Labute approximate surface area is 88.4 Å². The molecule has 0 heterocycles. The molecular weight excluding hydrogens is 168 g/mol. The minimum absolute atomic E-state index is 1.09. The molecule has 0 aromatic carbocycles. The Morgan fingerprint density at radius 2 is 1.14 bits per heavy atom. The van der Waals surface area contributed by atoms with Crippen LogP contribution in [0.1, 0.15) is 51.4 Å². The predicted molar refractivity (Wildman–Crippen MR) is 64.4 cm³/mol. The number of allylic oxidation sites excluding steroid dienone is 6. The van der Waals surface area contributed by atoms with Crippen molar-refractivity contribution in [3.63, 3.8) is 0 Å². The van der Waals surface area contributed by atoms with Gasteiger partial charge in [-0.1, -0.05) is 55.7 Å². The summed E-state index contributed by atoms with van der Waals surface area (Å²) in [6.45, 7) is 0. The van der Waals surface area contributed by atoms with Gasteiger partial charge in [0.1, 0.15) is 0 Å². The maximum atomic E-state index is 2.32. The third-order valence-corrected chi connectivity index (χ3v) is 2.56. The Morgan fingerprint density at radius 3 is 2.00 bits per heavy atom. The monoisotopic (exact) mass is 190 g/mol. The molecule has 0 nitrogen and oxygen atoms in total. The van der Waals surface area contributed by atoms with Crippen molar-refractivity contribution in [3.05, 3.63) is 36.5 Å². The van der Waals surface area contributed by atoms with Gasteiger partial charge in [0.25, 0.3) is 0 Å². The summed E-state index contributed by atoms with van der Waals surface area (Å²) in [6, 6.07) is 0. The van der Waals surface area contributed by atoms with Crippen LogP contribution in [-0.2, 0) is 0 Å². The molecule has 1 rings (SSSR count). The van der Waals surface area contributed by atoms with Crippen molar-refractivity contribution in [3.8, 4) is 0 Å². The third kappa shape index (κ3) is 6.71. The lowest BCUT2D eigenvalue weighted by atomic mass is 10.1. The highest BCUT2D eigenvalue weighted by Crippen LogP contribution is 2.08. The molecule has 0 atom stereocenters. The lowest BCUT2D eigenvalue weighted by molar-refractivity contribution is 0.621. The van der Waals surface area contributed by atoms with Crippen LogP contribution in [0.25, 0.3) is 0 Å². The second-order valence-corrected chi connectivity index (χ2v) is 3.91. The second-order valence-electron chi connectivity index (χ2n) is 3.91. The molecule has 0 spiro atoms. The summed E-state index contributed by atoms with van der Waals surface area (Å²) in [7, 11) is 0. The molecule has 0 N–H and O–H groups in total. The van der Waals surface area contributed by atoms with E-state index in [1.165, 1.54) is 44.9 Å². The molecule has 1 aliphatic rings. The molecule has 0 bridgehead atoms. The molecular formula is C14H22. The Morgan fingerprint density at radius 1 is 0.500 bits per heavy atom. The van der Waals surface area contributed by atoms with Gasteiger partial charge >= 0.3 is 0 Å². The Hall–Kier alpha value is -0.780. The van der Waals surface area contributed by atoms with E-state index < -0.39 is 0 Å². The summed E-state index contributed by atoms with van der Waals surface area (Å²) < 4.78 is 0. The average Bonchev–Trinajstić information content (AvgIpc) is 2.22. The van der Waals surface area contributed by atoms with Crippen molar-refractivity contribution in [2.45, 2.75) is 51.4 Å². The van der Waals surface area contributed by atoms with Gasteiger partial charge in [0.2, 0.25) is 0 Å². The molecule has 0 heteroatoms. The first-order valence-corrected chi connectivity index (χ1v) is 5.97. The van der Waals surface area contributed by atoms with Gasteiger partial charge in [-0.15, -0.1) is 0 Å². The highest BCUT2D eigenvalue weighted by molar-refractivity contribution is 5.04. The van der Waals surface area contributed by atoms with Gasteiger partial charge in [-0.2, -0.15) is 0 Å². The summed E-state index contributed by atoms with van der Waals surface area (Å²) in [6.07, 6.45) is 24.0. The van der Waals surface area contributed by atoms with Crippen molar-refractivity contribution in [2.24, 2.45) is 0 Å². The van der Waals surface area contributed by atoms with Crippen molar-refractivity contribution < 1.29 is 0 Å². The van der Waals surface area contributed by atoms with Gasteiger partial charge in [-0.25, -0.2) is 0 Å². The van der Waals surface area contributed by atoms with Crippen LogP contribution in [-0.4, -0.2) is 0 Å². The van der Waals surface area contributed by atoms with E-state index in [9.17, 15) is 0 Å². The van der Waals surface area contributed by atoms with Crippen LogP contribution in [0, 0.1) is 0 Å². The molecule has 0 unspecified atom stereocenters. The highest BCUT2D eigenvalue weighted by atomic mass is 13.9. The predicted octanol–water partition coefficient (Wildman–Crippen LogP) is 4.79. The largest absolute Gasteiger partial charge is 0.0882 e. The normalized spacial score (nSPS) is 27.4. The van der Waals surface area contributed by atoms with Gasteiger partial charge in [0.05, 0.1) is 0 Å². The van der Waals surface area contributed by atoms with E-state index in [0.29, 0.717) is 0 Å². The van der Waals surface area contributed by atoms with Gasteiger partial charge in [0, 0.05) is 0 Å². The quantitative estimate of drug-likeness (QED) is 0.482. The van der Waals surface area contributed by atoms with Crippen LogP contribution in [0.4, 0.5) is 0 Å². The van der Waals surface area contributed by atoms with Gasteiger partial charge in [0.15, 0.2) is 0 Å². The minimum atomic E-state index is 1.09. The lowest BCUT2D eigenvalue weighted by Gasteiger charge is -1.98. The third-order valence-electron chi connectivity index (χ3n) is 2.56. The van der Waals surface area contributed by atoms with E-state index in [-0.39, 0.29) is 0 Å². The van der Waals surface area contributed by atoms with Crippen LogP contribution in [0.15, 0.2) is 36.5 Å². The van der Waals surface area contributed by atoms with Crippen molar-refractivity contribution in [1.29, 1.82) is 0 Å². The van der Waals surface area contributed by atoms with E-state index in [1.54, 1.807) is 0 Å². The molecule has 14 heavy (non-hydrogen) atoms. The van der Waals surface area contributed by atoms with E-state index >= 15 is 0 Å².